The van der Waals surface area contributed by atoms with Crippen molar-refractivity contribution < 1.29 is 14.0 Å². The molecule has 0 radical (unpaired) electrons. The maximum Gasteiger partial charge on any atom is 0.325 e. The zero-order valence-electron chi connectivity index (χ0n) is 14.8. The van der Waals surface area contributed by atoms with E-state index in [1.165, 1.54) is 15.9 Å². The summed E-state index contributed by atoms with van der Waals surface area (Å²) in [6.07, 6.45) is 4.38. The number of allylic oxidation sites excluding steroid dienone is 2. The van der Waals surface area contributed by atoms with Crippen LogP contribution in [0.5, 0.6) is 0 Å². The molecule has 0 fully saturated rings. The Bertz CT molecular complexity index is 638. The van der Waals surface area contributed by atoms with E-state index in [1.54, 1.807) is 58.2 Å². The van der Waals surface area contributed by atoms with E-state index < -0.39 is 5.54 Å². The second-order valence-corrected chi connectivity index (χ2v) is 6.02. The SMILES string of the molecule is C=C/C(=C\C)N(C)C(=O)N(CCc1ccccc1F)C(C)(C)C=O. The highest BCUT2D eigenvalue weighted by Gasteiger charge is 2.32. The van der Waals surface area contributed by atoms with Crippen molar-refractivity contribution in [1.29, 1.82) is 0 Å². The highest BCUT2D eigenvalue weighted by molar-refractivity contribution is 5.81. The van der Waals surface area contributed by atoms with Crippen molar-refractivity contribution >= 4 is 12.3 Å². The first-order valence-corrected chi connectivity index (χ1v) is 7.82. The van der Waals surface area contributed by atoms with Gasteiger partial charge in [0.2, 0.25) is 0 Å². The van der Waals surface area contributed by atoms with Crippen LogP contribution in [0, 0.1) is 5.82 Å². The minimum atomic E-state index is -1.00. The van der Waals surface area contributed by atoms with Gasteiger partial charge in [-0.05, 0) is 44.9 Å². The molecule has 0 spiro atoms. The van der Waals surface area contributed by atoms with Crippen molar-refractivity contribution in [3.8, 4) is 0 Å². The molecule has 0 aliphatic rings. The first-order valence-electron chi connectivity index (χ1n) is 7.82. The summed E-state index contributed by atoms with van der Waals surface area (Å²) in [5.74, 6) is -0.317. The number of amides is 2. The molecule has 1 aromatic rings. The Morgan fingerprint density at radius 2 is 1.96 bits per heavy atom. The van der Waals surface area contributed by atoms with E-state index in [-0.39, 0.29) is 18.4 Å². The van der Waals surface area contributed by atoms with Crippen LogP contribution in [0.15, 0.2) is 48.7 Å². The molecule has 0 atom stereocenters. The molecule has 0 saturated carbocycles. The molecule has 1 rings (SSSR count). The van der Waals surface area contributed by atoms with Crippen molar-refractivity contribution in [2.75, 3.05) is 13.6 Å². The number of aldehydes is 1. The number of hydrogen-bond acceptors (Lipinski definition) is 2. The van der Waals surface area contributed by atoms with Crippen LogP contribution in [0.25, 0.3) is 0 Å². The van der Waals surface area contributed by atoms with Gasteiger partial charge in [0.1, 0.15) is 12.1 Å². The van der Waals surface area contributed by atoms with E-state index in [2.05, 4.69) is 6.58 Å². The largest absolute Gasteiger partial charge is 0.325 e. The van der Waals surface area contributed by atoms with Crippen LogP contribution in [0.4, 0.5) is 9.18 Å². The molecule has 4 nitrogen and oxygen atoms in total. The third-order valence-electron chi connectivity index (χ3n) is 3.96. The highest BCUT2D eigenvalue weighted by Crippen LogP contribution is 2.18. The summed E-state index contributed by atoms with van der Waals surface area (Å²) in [4.78, 5) is 27.2. The van der Waals surface area contributed by atoms with Crippen molar-refractivity contribution in [1.82, 2.24) is 9.80 Å². The Kier molecular flexibility index (Phi) is 6.89. The number of benzene rings is 1. The van der Waals surface area contributed by atoms with Crippen molar-refractivity contribution in [2.24, 2.45) is 0 Å². The summed E-state index contributed by atoms with van der Waals surface area (Å²) in [5.41, 5.74) is 0.142. The number of carbonyl (C=O) groups excluding carboxylic acids is 2. The fourth-order valence-electron chi connectivity index (χ4n) is 2.37. The molecule has 0 aliphatic heterocycles. The van der Waals surface area contributed by atoms with E-state index in [0.717, 1.165) is 6.29 Å². The Morgan fingerprint density at radius 1 is 1.33 bits per heavy atom. The standard InChI is InChI=1S/C19H25FN2O2/c1-6-16(7-2)21(5)18(24)22(19(3,4)14-23)13-12-15-10-8-9-11-17(15)20/h6-11,14H,1,12-13H2,2-5H3/b16-7+. The van der Waals surface area contributed by atoms with E-state index in [9.17, 15) is 14.0 Å². The summed E-state index contributed by atoms with van der Waals surface area (Å²) in [5, 5.41) is 0. The predicted octanol–water partition coefficient (Wildman–Crippen LogP) is 3.79. The molecule has 0 unspecified atom stereocenters. The van der Waals surface area contributed by atoms with Crippen LogP contribution in [0.1, 0.15) is 26.3 Å². The lowest BCUT2D eigenvalue weighted by molar-refractivity contribution is -0.115. The molecule has 0 aromatic heterocycles. The lowest BCUT2D eigenvalue weighted by Gasteiger charge is -2.37. The highest BCUT2D eigenvalue weighted by atomic mass is 19.1. The third kappa shape index (κ3) is 4.54. The van der Waals surface area contributed by atoms with Gasteiger partial charge in [0.05, 0.1) is 5.54 Å². The smallest absolute Gasteiger partial charge is 0.312 e. The van der Waals surface area contributed by atoms with Crippen LogP contribution < -0.4 is 0 Å². The molecular weight excluding hydrogens is 307 g/mol. The third-order valence-corrected chi connectivity index (χ3v) is 3.96. The fourth-order valence-corrected chi connectivity index (χ4v) is 2.37. The first kappa shape index (κ1) is 19.6. The van der Waals surface area contributed by atoms with Crippen LogP contribution in [0.2, 0.25) is 0 Å². The number of urea groups is 1. The molecule has 0 aliphatic carbocycles. The summed E-state index contributed by atoms with van der Waals surface area (Å²) in [7, 11) is 1.62. The van der Waals surface area contributed by atoms with Crippen LogP contribution in [0.3, 0.4) is 0 Å². The predicted molar refractivity (Wildman–Crippen MR) is 94.1 cm³/mol. The van der Waals surface area contributed by atoms with Gasteiger partial charge in [-0.3, -0.25) is 4.90 Å². The molecule has 0 bridgehead atoms. The van der Waals surface area contributed by atoms with Crippen LogP contribution in [-0.2, 0) is 11.2 Å². The van der Waals surface area contributed by atoms with Gasteiger partial charge in [-0.15, -0.1) is 0 Å². The maximum absolute atomic E-state index is 13.8. The summed E-state index contributed by atoms with van der Waals surface area (Å²) in [6, 6.07) is 6.09. The summed E-state index contributed by atoms with van der Waals surface area (Å²) >= 11 is 0. The zero-order chi connectivity index (χ0) is 18.3. The Balaban J connectivity index is 3.05. The number of nitrogens with zero attached hydrogens (tertiary/aromatic N) is 2. The number of hydrogen-bond donors (Lipinski definition) is 0. The second kappa shape index (κ2) is 8.43. The number of halogens is 1. The zero-order valence-corrected chi connectivity index (χ0v) is 14.8. The van der Waals surface area contributed by atoms with Gasteiger partial charge in [-0.1, -0.05) is 30.9 Å². The molecule has 24 heavy (non-hydrogen) atoms. The minimum Gasteiger partial charge on any atom is -0.312 e. The molecule has 2 amide bonds. The Hall–Kier alpha value is -2.43. The summed E-state index contributed by atoms with van der Waals surface area (Å²) < 4.78 is 13.8. The number of likely N-dealkylation sites (N-methyl/N-ethyl adjacent to an activating group) is 1. The monoisotopic (exact) mass is 332 g/mol. The Morgan fingerprint density at radius 3 is 2.46 bits per heavy atom. The topological polar surface area (TPSA) is 40.6 Å². The van der Waals surface area contributed by atoms with E-state index in [1.807, 2.05) is 0 Å². The number of rotatable bonds is 7. The van der Waals surface area contributed by atoms with E-state index >= 15 is 0 Å². The molecular formula is C19H25FN2O2. The maximum atomic E-state index is 13.8. The normalized spacial score (nSPS) is 11.8. The Labute approximate surface area is 143 Å². The average Bonchev–Trinajstić information content (AvgIpc) is 2.57. The molecule has 0 N–H and O–H groups in total. The fraction of sp³-hybridized carbons (Fsp3) is 0.368. The van der Waals surface area contributed by atoms with Crippen LogP contribution in [-0.4, -0.2) is 41.2 Å². The number of carbonyl (C=O) groups is 2. The molecule has 1 aromatic carbocycles. The molecule has 0 heterocycles. The molecule has 130 valence electrons. The quantitative estimate of drug-likeness (QED) is 0.563. The lowest BCUT2D eigenvalue weighted by Crippen LogP contribution is -2.53. The van der Waals surface area contributed by atoms with Gasteiger partial charge >= 0.3 is 6.03 Å². The van der Waals surface area contributed by atoms with Gasteiger partial charge in [0, 0.05) is 19.3 Å². The van der Waals surface area contributed by atoms with Crippen molar-refractivity contribution in [2.45, 2.75) is 32.7 Å². The van der Waals surface area contributed by atoms with Gasteiger partial charge in [-0.25, -0.2) is 9.18 Å². The molecule has 0 saturated heterocycles. The lowest BCUT2D eigenvalue weighted by atomic mass is 10.0. The van der Waals surface area contributed by atoms with Gasteiger partial charge < -0.3 is 9.69 Å². The average molecular weight is 332 g/mol. The second-order valence-electron chi connectivity index (χ2n) is 6.02. The van der Waals surface area contributed by atoms with Gasteiger partial charge in [0.25, 0.3) is 0 Å². The van der Waals surface area contributed by atoms with Crippen molar-refractivity contribution in [3.05, 3.63) is 60.1 Å². The first-order chi connectivity index (χ1) is 11.3. The van der Waals surface area contributed by atoms with Gasteiger partial charge in [-0.2, -0.15) is 0 Å². The van der Waals surface area contributed by atoms with Gasteiger partial charge in [0.15, 0.2) is 0 Å². The van der Waals surface area contributed by atoms with E-state index in [0.29, 0.717) is 17.7 Å². The minimum absolute atomic E-state index is 0.226. The van der Waals surface area contributed by atoms with Crippen LogP contribution >= 0.6 is 0 Å². The van der Waals surface area contributed by atoms with Crippen molar-refractivity contribution in [3.63, 3.8) is 0 Å². The van der Waals surface area contributed by atoms with E-state index in [4.69, 9.17) is 0 Å². The molecule has 5 heteroatoms. The summed E-state index contributed by atoms with van der Waals surface area (Å²) in [6.45, 7) is 9.04.